The van der Waals surface area contributed by atoms with Gasteiger partial charge >= 0.3 is 0 Å². The second kappa shape index (κ2) is 7.94. The van der Waals surface area contributed by atoms with Crippen molar-refractivity contribution in [2.24, 2.45) is 7.05 Å². The summed E-state index contributed by atoms with van der Waals surface area (Å²) in [5.74, 6) is -1.15. The second-order valence-corrected chi connectivity index (χ2v) is 6.98. The van der Waals surface area contributed by atoms with Crippen LogP contribution in [-0.2, 0) is 17.6 Å². The summed E-state index contributed by atoms with van der Waals surface area (Å²) in [6, 6.07) is 23.2. The van der Waals surface area contributed by atoms with Crippen LogP contribution in [0, 0.1) is 0 Å². The Morgan fingerprint density at radius 2 is 1.45 bits per heavy atom. The highest BCUT2D eigenvalue weighted by molar-refractivity contribution is 7.80. The maximum Gasteiger partial charge on any atom is 0.255 e. The topological polar surface area (TPSA) is 101 Å². The van der Waals surface area contributed by atoms with E-state index in [0.29, 0.717) is 10.8 Å². The summed E-state index contributed by atoms with van der Waals surface area (Å²) < 4.78 is 37.4. The van der Waals surface area contributed by atoms with Crippen molar-refractivity contribution in [3.63, 3.8) is 0 Å². The Bertz CT molecular complexity index is 1310. The van der Waals surface area contributed by atoms with Gasteiger partial charge in [0.15, 0.2) is 0 Å². The number of rotatable bonds is 2. The first kappa shape index (κ1) is 20.4. The normalized spacial score (nSPS) is 11.1. The number of pyridine rings is 1. The summed E-state index contributed by atoms with van der Waals surface area (Å²) >= 11 is 0. The van der Waals surface area contributed by atoms with Gasteiger partial charge in [0.2, 0.25) is 11.0 Å². The molecule has 6 nitrogen and oxygen atoms in total. The molecule has 0 N–H and O–H groups in total. The van der Waals surface area contributed by atoms with Crippen molar-refractivity contribution in [2.45, 2.75) is 0 Å². The number of halogens is 1. The third-order valence-electron chi connectivity index (χ3n) is 4.48. The molecule has 29 heavy (non-hydrogen) atoms. The molecule has 4 aromatic rings. The predicted molar refractivity (Wildman–Crippen MR) is 103 cm³/mol. The first-order chi connectivity index (χ1) is 13.7. The number of aromatic nitrogens is 1. The summed E-state index contributed by atoms with van der Waals surface area (Å²) in [5.41, 5.74) is 3.87. The van der Waals surface area contributed by atoms with Gasteiger partial charge in [0, 0.05) is 17.7 Å². The molecule has 0 saturated heterocycles. The van der Waals surface area contributed by atoms with E-state index in [1.807, 2.05) is 84.4 Å². The molecule has 4 rings (SSSR count). The molecule has 0 spiro atoms. The van der Waals surface area contributed by atoms with E-state index in [2.05, 4.69) is 0 Å². The van der Waals surface area contributed by atoms with E-state index in [-0.39, 0.29) is 5.56 Å². The fourth-order valence-electron chi connectivity index (χ4n) is 3.39. The quantitative estimate of drug-likeness (QED) is 0.218. The molecule has 0 radical (unpaired) electrons. The SMILES string of the molecule is C[n+]1c2ccccc2c(C(=O)[O-])c2c(-c3ccccc3)cccc21.O=S(=O)([O-])F. The Balaban J connectivity index is 0.000000431. The molecular weight excluding hydrogens is 397 g/mol. The van der Waals surface area contributed by atoms with E-state index in [1.165, 1.54) is 0 Å². The summed E-state index contributed by atoms with van der Waals surface area (Å²) in [7, 11) is -3.46. The molecule has 0 fully saturated rings. The van der Waals surface area contributed by atoms with Crippen LogP contribution in [0.15, 0.2) is 72.8 Å². The lowest BCUT2D eigenvalue weighted by atomic mass is 9.94. The smallest absolute Gasteiger partial charge is 0.255 e. The van der Waals surface area contributed by atoms with Crippen LogP contribution in [0.3, 0.4) is 0 Å². The molecule has 0 aliphatic rings. The van der Waals surface area contributed by atoms with Crippen molar-refractivity contribution in [3.8, 4) is 11.1 Å². The Kier molecular flexibility index (Phi) is 5.58. The zero-order chi connectivity index (χ0) is 21.2. The average Bonchev–Trinajstić information content (AvgIpc) is 2.67. The monoisotopic (exact) mass is 412 g/mol. The highest BCUT2D eigenvalue weighted by atomic mass is 32.3. The lowest BCUT2D eigenvalue weighted by Crippen LogP contribution is -2.33. The van der Waals surface area contributed by atoms with Crippen molar-refractivity contribution in [2.75, 3.05) is 0 Å². The van der Waals surface area contributed by atoms with Gasteiger partial charge in [0.05, 0.1) is 16.7 Å². The Morgan fingerprint density at radius 3 is 2.07 bits per heavy atom. The summed E-state index contributed by atoms with van der Waals surface area (Å²) in [6.07, 6.45) is 0. The van der Waals surface area contributed by atoms with E-state index in [9.17, 15) is 13.8 Å². The van der Waals surface area contributed by atoms with Gasteiger partial charge in [0.1, 0.15) is 7.05 Å². The van der Waals surface area contributed by atoms with Crippen molar-refractivity contribution in [1.29, 1.82) is 0 Å². The van der Waals surface area contributed by atoms with E-state index < -0.39 is 16.5 Å². The number of para-hydroxylation sites is 1. The Morgan fingerprint density at radius 1 is 0.897 bits per heavy atom. The molecular formula is C21H15FNO5S-. The van der Waals surface area contributed by atoms with Crippen LogP contribution in [0.1, 0.15) is 10.4 Å². The summed E-state index contributed by atoms with van der Waals surface area (Å²) in [4.78, 5) is 12.0. The minimum absolute atomic E-state index is 0.248. The summed E-state index contributed by atoms with van der Waals surface area (Å²) in [6.45, 7) is 0. The molecule has 1 aromatic heterocycles. The first-order valence-electron chi connectivity index (χ1n) is 8.44. The Labute approximate surface area is 166 Å². The van der Waals surface area contributed by atoms with Crippen molar-refractivity contribution in [1.82, 2.24) is 0 Å². The fourth-order valence-corrected chi connectivity index (χ4v) is 3.39. The molecule has 3 aromatic carbocycles. The van der Waals surface area contributed by atoms with E-state index in [4.69, 9.17) is 13.0 Å². The number of hydrogen-bond donors (Lipinski definition) is 0. The zero-order valence-electron chi connectivity index (χ0n) is 15.2. The van der Waals surface area contributed by atoms with E-state index >= 15 is 0 Å². The minimum atomic E-state index is -5.42. The third-order valence-corrected chi connectivity index (χ3v) is 4.48. The molecule has 0 amide bonds. The molecule has 1 heterocycles. The molecule has 0 aliphatic heterocycles. The van der Waals surface area contributed by atoms with Gasteiger partial charge in [-0.2, -0.15) is 4.57 Å². The van der Waals surface area contributed by atoms with Gasteiger partial charge in [-0.15, -0.1) is 3.89 Å². The lowest BCUT2D eigenvalue weighted by Gasteiger charge is -2.14. The van der Waals surface area contributed by atoms with Crippen molar-refractivity contribution >= 4 is 38.3 Å². The standard InChI is InChI=1S/C21H15NO2.FHO3S/c1-22-17-12-6-5-10-16(17)20(21(23)24)19-15(11-7-13-18(19)22)14-8-3-2-4-9-14;1-5(2,3)4/h2-13H,1H3;(H,2,3,4)/p-1. The van der Waals surface area contributed by atoms with Crippen LogP contribution in [0.4, 0.5) is 3.89 Å². The third kappa shape index (κ3) is 4.39. The van der Waals surface area contributed by atoms with Crippen molar-refractivity contribution < 1.29 is 31.3 Å². The molecule has 0 atom stereocenters. The zero-order valence-corrected chi connectivity index (χ0v) is 16.0. The number of aryl methyl sites for hydroxylation is 1. The second-order valence-electron chi connectivity index (χ2n) is 6.20. The van der Waals surface area contributed by atoms with Gasteiger partial charge in [-0.25, -0.2) is 8.42 Å². The van der Waals surface area contributed by atoms with Crippen LogP contribution >= 0.6 is 0 Å². The number of carbonyl (C=O) groups excluding carboxylic acids is 1. The van der Waals surface area contributed by atoms with Gasteiger partial charge in [-0.3, -0.25) is 0 Å². The molecule has 0 saturated carbocycles. The number of carboxylic acid groups (broad SMARTS) is 1. The fraction of sp³-hybridized carbons (Fsp3) is 0.0476. The number of aromatic carboxylic acids is 1. The number of nitrogens with zero attached hydrogens (tertiary/aromatic N) is 1. The average molecular weight is 412 g/mol. The van der Waals surface area contributed by atoms with E-state index in [1.54, 1.807) is 0 Å². The van der Waals surface area contributed by atoms with Crippen molar-refractivity contribution in [3.05, 3.63) is 78.4 Å². The minimum Gasteiger partial charge on any atom is -0.722 e. The van der Waals surface area contributed by atoms with Crippen LogP contribution in [-0.4, -0.2) is 18.9 Å². The number of carboxylic acids is 1. The molecule has 0 unspecified atom stereocenters. The van der Waals surface area contributed by atoms with Gasteiger partial charge in [-0.05, 0) is 17.2 Å². The van der Waals surface area contributed by atoms with Crippen LogP contribution in [0.2, 0.25) is 0 Å². The van der Waals surface area contributed by atoms with Crippen LogP contribution < -0.4 is 9.67 Å². The molecule has 0 bridgehead atoms. The first-order valence-corrected chi connectivity index (χ1v) is 9.75. The molecule has 148 valence electrons. The highest BCUT2D eigenvalue weighted by Crippen LogP contribution is 2.32. The molecule has 8 heteroatoms. The number of fused-ring (bicyclic) bond motifs is 2. The van der Waals surface area contributed by atoms with Gasteiger partial charge in [0.25, 0.3) is 10.5 Å². The predicted octanol–water partition coefficient (Wildman–Crippen LogP) is 2.26. The Hall–Kier alpha value is -3.36. The number of carbonyl (C=O) groups is 1. The van der Waals surface area contributed by atoms with Crippen LogP contribution in [0.5, 0.6) is 0 Å². The maximum absolute atomic E-state index is 12.0. The molecule has 0 aliphatic carbocycles. The van der Waals surface area contributed by atoms with Gasteiger partial charge < -0.3 is 14.5 Å². The van der Waals surface area contributed by atoms with Crippen LogP contribution in [0.25, 0.3) is 32.9 Å². The lowest BCUT2D eigenvalue weighted by molar-refractivity contribution is -0.617. The van der Waals surface area contributed by atoms with E-state index in [0.717, 1.165) is 22.2 Å². The number of hydrogen-bond acceptors (Lipinski definition) is 5. The van der Waals surface area contributed by atoms with Gasteiger partial charge in [-0.1, -0.05) is 54.6 Å². The number of benzene rings is 3. The largest absolute Gasteiger partial charge is 0.722 e. The maximum atomic E-state index is 12.0. The highest BCUT2D eigenvalue weighted by Gasteiger charge is 2.21. The summed E-state index contributed by atoms with van der Waals surface area (Å²) in [5, 5.41) is 13.4.